The first-order valence-electron chi connectivity index (χ1n) is 12.6. The fourth-order valence-electron chi connectivity index (χ4n) is 5.03. The van der Waals surface area contributed by atoms with E-state index in [1.165, 1.54) is 6.07 Å². The molecule has 5 rings (SSSR count). The number of hydrogen-bond acceptors (Lipinski definition) is 9. The lowest BCUT2D eigenvalue weighted by Crippen LogP contribution is -2.31. The van der Waals surface area contributed by atoms with Crippen molar-refractivity contribution in [3.63, 3.8) is 0 Å². The van der Waals surface area contributed by atoms with Crippen molar-refractivity contribution >= 4 is 50.1 Å². The van der Waals surface area contributed by atoms with Gasteiger partial charge in [-0.25, -0.2) is 23.1 Å². The molecule has 3 aromatic heterocycles. The van der Waals surface area contributed by atoms with E-state index in [1.807, 2.05) is 48.5 Å². The Morgan fingerprint density at radius 3 is 2.65 bits per heavy atom. The van der Waals surface area contributed by atoms with Crippen LogP contribution in [-0.4, -0.2) is 44.9 Å². The lowest BCUT2D eigenvalue weighted by molar-refractivity contribution is 0.0977. The number of pyridine rings is 1. The number of halogens is 1. The lowest BCUT2D eigenvalue weighted by Gasteiger charge is -2.23. The quantitative estimate of drug-likeness (QED) is 0.313. The molecule has 1 aliphatic heterocycles. The van der Waals surface area contributed by atoms with Crippen LogP contribution in [0.4, 0.5) is 11.6 Å². The van der Waals surface area contributed by atoms with Crippen LogP contribution >= 0.6 is 11.6 Å². The van der Waals surface area contributed by atoms with Crippen LogP contribution < -0.4 is 20.5 Å². The number of sulfonamides is 1. The van der Waals surface area contributed by atoms with Gasteiger partial charge < -0.3 is 10.2 Å². The van der Waals surface area contributed by atoms with Crippen LogP contribution in [0.3, 0.4) is 0 Å². The average Bonchev–Trinajstić information content (AvgIpc) is 3.46. The summed E-state index contributed by atoms with van der Waals surface area (Å²) in [5.74, 6) is -0.377. The standard InChI is InChI=1S/C26H29ClN8O4S/c1-6-35-20-13-34(12-16(20)11-28-35)26-31-22-17(9-14(2)10-18(22)25(37)33(26)4)15(3)29-19-7-8-21(27)30-23(19)24(36)32-40(5,38)39/h7-11,15,29H,6,12-13H2,1-5H3,(H,32,36)/t15-/m1/s1. The summed E-state index contributed by atoms with van der Waals surface area (Å²) in [6, 6.07) is 6.34. The molecule has 0 unspecified atom stereocenters. The second-order valence-electron chi connectivity index (χ2n) is 9.91. The lowest BCUT2D eigenvalue weighted by atomic mass is 10.0. The third-order valence-electron chi connectivity index (χ3n) is 6.84. The number of nitrogens with one attached hydrogen (secondary N) is 2. The van der Waals surface area contributed by atoms with Crippen LogP contribution in [0.25, 0.3) is 10.9 Å². The third-order valence-corrected chi connectivity index (χ3v) is 7.61. The van der Waals surface area contributed by atoms with Gasteiger partial charge in [-0.3, -0.25) is 18.8 Å². The molecule has 14 heteroatoms. The number of rotatable bonds is 7. The second-order valence-corrected chi connectivity index (χ2v) is 12.0. The van der Waals surface area contributed by atoms with Gasteiger partial charge in [0.1, 0.15) is 5.15 Å². The molecule has 0 saturated carbocycles. The first-order valence-corrected chi connectivity index (χ1v) is 14.9. The summed E-state index contributed by atoms with van der Waals surface area (Å²) in [4.78, 5) is 37.3. The van der Waals surface area contributed by atoms with Crippen LogP contribution in [-0.2, 0) is 36.7 Å². The number of anilines is 2. The predicted molar refractivity (Wildman–Crippen MR) is 153 cm³/mol. The van der Waals surface area contributed by atoms with Gasteiger partial charge in [-0.15, -0.1) is 0 Å². The maximum absolute atomic E-state index is 13.6. The number of fused-ring (bicyclic) bond motifs is 2. The molecule has 0 saturated heterocycles. The predicted octanol–water partition coefficient (Wildman–Crippen LogP) is 2.89. The molecule has 40 heavy (non-hydrogen) atoms. The second kappa shape index (κ2) is 10.2. The molecule has 1 aromatic carbocycles. The van der Waals surface area contributed by atoms with E-state index in [9.17, 15) is 18.0 Å². The van der Waals surface area contributed by atoms with Crippen LogP contribution in [0.2, 0.25) is 5.15 Å². The smallest absolute Gasteiger partial charge is 0.285 e. The van der Waals surface area contributed by atoms with Crippen LogP contribution in [0.15, 0.2) is 35.3 Å². The van der Waals surface area contributed by atoms with Gasteiger partial charge in [-0.05, 0) is 44.5 Å². The highest BCUT2D eigenvalue weighted by molar-refractivity contribution is 7.89. The molecule has 1 amide bonds. The average molecular weight is 585 g/mol. The molecule has 12 nitrogen and oxygen atoms in total. The highest BCUT2D eigenvalue weighted by Gasteiger charge is 2.28. The molecular weight excluding hydrogens is 556 g/mol. The Kier molecular flexibility index (Phi) is 7.04. The van der Waals surface area contributed by atoms with Crippen molar-refractivity contribution in [1.82, 2.24) is 29.0 Å². The van der Waals surface area contributed by atoms with Gasteiger partial charge in [0, 0.05) is 31.3 Å². The minimum Gasteiger partial charge on any atom is -0.377 e. The molecule has 1 atom stereocenters. The van der Waals surface area contributed by atoms with Crippen molar-refractivity contribution in [2.24, 2.45) is 7.05 Å². The highest BCUT2D eigenvalue weighted by atomic mass is 35.5. The SMILES string of the molecule is CCn1ncc2c1CN(c1nc3c([C@@H](C)Nc4ccc(Cl)nc4C(=O)NS(C)(=O)=O)cc(C)cc3c(=O)n1C)C2. The van der Waals surface area contributed by atoms with Gasteiger partial charge in [0.25, 0.3) is 11.5 Å². The van der Waals surface area contributed by atoms with E-state index in [4.69, 9.17) is 16.6 Å². The van der Waals surface area contributed by atoms with Crippen LogP contribution in [0.5, 0.6) is 0 Å². The molecule has 2 N–H and O–H groups in total. The summed E-state index contributed by atoms with van der Waals surface area (Å²) >= 11 is 6.02. The third kappa shape index (κ3) is 5.13. The Hall–Kier alpha value is -3.97. The number of aryl methyl sites for hydroxylation is 2. The molecule has 0 radical (unpaired) electrons. The molecule has 0 bridgehead atoms. The van der Waals surface area contributed by atoms with Crippen molar-refractivity contribution in [2.75, 3.05) is 16.5 Å². The zero-order valence-corrected chi connectivity index (χ0v) is 24.3. The molecule has 4 heterocycles. The Balaban J connectivity index is 1.56. The van der Waals surface area contributed by atoms with Crippen molar-refractivity contribution < 1.29 is 13.2 Å². The molecule has 210 valence electrons. The van der Waals surface area contributed by atoms with Gasteiger partial charge in [0.15, 0.2) is 5.69 Å². The number of benzene rings is 1. The Labute approximate surface area is 236 Å². The van der Waals surface area contributed by atoms with Crippen molar-refractivity contribution in [3.8, 4) is 0 Å². The molecular formula is C26H29ClN8O4S. The van der Waals surface area contributed by atoms with Gasteiger partial charge in [0.05, 0.1) is 47.3 Å². The summed E-state index contributed by atoms with van der Waals surface area (Å²) in [5.41, 5.74) is 4.25. The molecule has 1 aliphatic rings. The summed E-state index contributed by atoms with van der Waals surface area (Å²) in [5, 5.41) is 8.16. The summed E-state index contributed by atoms with van der Waals surface area (Å²) in [7, 11) is -2.11. The number of carbonyl (C=O) groups is 1. The molecule has 0 fully saturated rings. The monoisotopic (exact) mass is 584 g/mol. The molecule has 4 aromatic rings. The van der Waals surface area contributed by atoms with Crippen molar-refractivity contribution in [2.45, 2.75) is 46.4 Å². The van der Waals surface area contributed by atoms with E-state index >= 15 is 0 Å². The summed E-state index contributed by atoms with van der Waals surface area (Å²) < 4.78 is 28.8. The number of aromatic nitrogens is 5. The maximum Gasteiger partial charge on any atom is 0.285 e. The molecule has 0 spiro atoms. The van der Waals surface area contributed by atoms with E-state index in [-0.39, 0.29) is 22.1 Å². The minimum atomic E-state index is -3.83. The summed E-state index contributed by atoms with van der Waals surface area (Å²) in [6.07, 6.45) is 2.74. The van der Waals surface area contributed by atoms with Gasteiger partial charge in [-0.1, -0.05) is 17.7 Å². The highest BCUT2D eigenvalue weighted by Crippen LogP contribution is 2.31. The van der Waals surface area contributed by atoms with E-state index in [2.05, 4.69) is 20.3 Å². The normalized spacial score (nSPS) is 13.9. The number of carbonyl (C=O) groups excluding carboxylic acids is 1. The van der Waals surface area contributed by atoms with E-state index in [0.29, 0.717) is 29.9 Å². The Bertz CT molecular complexity index is 1830. The van der Waals surface area contributed by atoms with Gasteiger partial charge in [-0.2, -0.15) is 5.10 Å². The fourth-order valence-corrected chi connectivity index (χ4v) is 5.61. The first-order chi connectivity index (χ1) is 18.9. The van der Waals surface area contributed by atoms with E-state index < -0.39 is 22.0 Å². The topological polar surface area (TPSA) is 144 Å². The first kappa shape index (κ1) is 27.6. The van der Waals surface area contributed by atoms with Gasteiger partial charge in [0.2, 0.25) is 16.0 Å². The van der Waals surface area contributed by atoms with Crippen molar-refractivity contribution in [3.05, 3.63) is 74.0 Å². The molecule has 0 aliphatic carbocycles. The minimum absolute atomic E-state index is 0.0328. The van der Waals surface area contributed by atoms with Crippen molar-refractivity contribution in [1.29, 1.82) is 0 Å². The summed E-state index contributed by atoms with van der Waals surface area (Å²) in [6.45, 7) is 7.72. The van der Waals surface area contributed by atoms with Crippen LogP contribution in [0.1, 0.15) is 52.8 Å². The number of amides is 1. The number of hydrogen-bond donors (Lipinski definition) is 2. The van der Waals surface area contributed by atoms with E-state index in [0.717, 1.165) is 35.2 Å². The zero-order chi connectivity index (χ0) is 28.9. The number of nitrogens with zero attached hydrogens (tertiary/aromatic N) is 6. The maximum atomic E-state index is 13.6. The van der Waals surface area contributed by atoms with Crippen LogP contribution in [0, 0.1) is 6.92 Å². The zero-order valence-electron chi connectivity index (χ0n) is 22.7. The Morgan fingerprint density at radius 1 is 1.20 bits per heavy atom. The fraction of sp³-hybridized carbons (Fsp3) is 0.346. The Morgan fingerprint density at radius 2 is 1.95 bits per heavy atom. The largest absolute Gasteiger partial charge is 0.377 e. The van der Waals surface area contributed by atoms with Gasteiger partial charge >= 0.3 is 0 Å². The van der Waals surface area contributed by atoms with E-state index in [1.54, 1.807) is 17.7 Å².